The maximum absolute atomic E-state index is 11.8. The molecule has 17 heavy (non-hydrogen) atoms. The van der Waals surface area contributed by atoms with E-state index in [-0.39, 0.29) is 13.0 Å². The topological polar surface area (TPSA) is 26.3 Å². The van der Waals surface area contributed by atoms with Gasteiger partial charge in [0.05, 0.1) is 6.61 Å². The molecule has 0 saturated carbocycles. The Balaban J connectivity index is 2.14. The van der Waals surface area contributed by atoms with E-state index in [1.807, 2.05) is 6.07 Å². The monoisotopic (exact) mass is 246 g/mol. The van der Waals surface area contributed by atoms with Crippen LogP contribution < -0.4 is 4.74 Å². The molecule has 0 aliphatic rings. The summed E-state index contributed by atoms with van der Waals surface area (Å²) in [5.74, 6) is -0.148. The number of hydrogen-bond donors (Lipinski definition) is 0. The first-order chi connectivity index (χ1) is 7.97. The molecular weight excluding hydrogens is 233 g/mol. The summed E-state index contributed by atoms with van der Waals surface area (Å²) in [5, 5.41) is 0. The second-order valence-electron chi connectivity index (χ2n) is 3.60. The highest BCUT2D eigenvalue weighted by Crippen LogP contribution is 2.20. The normalized spacial score (nSPS) is 11.2. The summed E-state index contributed by atoms with van der Waals surface area (Å²) >= 11 is 0. The predicted octanol–water partition coefficient (Wildman–Crippen LogP) is 3.37. The lowest BCUT2D eigenvalue weighted by atomic mass is 10.2. The number of halogens is 3. The van der Waals surface area contributed by atoms with Crippen molar-refractivity contribution < 1.29 is 22.7 Å². The smallest absolute Gasteiger partial charge is 0.395 e. The van der Waals surface area contributed by atoms with Gasteiger partial charge in [-0.25, -0.2) is 0 Å². The lowest BCUT2D eigenvalue weighted by Gasteiger charge is -2.06. The highest BCUT2D eigenvalue weighted by Gasteiger charge is 2.30. The van der Waals surface area contributed by atoms with Gasteiger partial charge in [0, 0.05) is 6.42 Å². The summed E-state index contributed by atoms with van der Waals surface area (Å²) in [6.45, 7) is 0.244. The zero-order valence-corrected chi connectivity index (χ0v) is 9.17. The third kappa shape index (κ3) is 6.60. The van der Waals surface area contributed by atoms with Gasteiger partial charge in [-0.15, -0.1) is 0 Å². The van der Waals surface area contributed by atoms with Crippen LogP contribution in [0.2, 0.25) is 0 Å². The number of ketones is 1. The molecular formula is C12H13F3O2. The fourth-order valence-electron chi connectivity index (χ4n) is 1.29. The standard InChI is InChI=1S/C12H13F3O2/c13-12(14,15)9-10(16)5-4-8-17-11-6-2-1-3-7-11/h1-3,6-7H,4-5,8-9H2. The number of alkyl halides is 3. The van der Waals surface area contributed by atoms with E-state index >= 15 is 0 Å². The SMILES string of the molecule is O=C(CCCOc1ccccc1)CC(F)(F)F. The Bertz CT molecular complexity index is 347. The molecule has 0 amide bonds. The van der Waals surface area contributed by atoms with Gasteiger partial charge in [0.2, 0.25) is 0 Å². The molecule has 94 valence electrons. The number of benzene rings is 1. The Morgan fingerprint density at radius 1 is 1.18 bits per heavy atom. The van der Waals surface area contributed by atoms with E-state index in [1.165, 1.54) is 0 Å². The molecule has 0 aromatic heterocycles. The second kappa shape index (κ2) is 6.27. The summed E-state index contributed by atoms with van der Waals surface area (Å²) < 4.78 is 40.7. The van der Waals surface area contributed by atoms with Crippen molar-refractivity contribution >= 4 is 5.78 Å². The maximum atomic E-state index is 11.8. The van der Waals surface area contributed by atoms with Gasteiger partial charge in [0.1, 0.15) is 18.0 Å². The van der Waals surface area contributed by atoms with E-state index in [1.54, 1.807) is 24.3 Å². The van der Waals surface area contributed by atoms with Crippen LogP contribution in [0, 0.1) is 0 Å². The molecule has 1 rings (SSSR count). The average Bonchev–Trinajstić information content (AvgIpc) is 2.23. The van der Waals surface area contributed by atoms with Gasteiger partial charge < -0.3 is 4.74 Å². The summed E-state index contributed by atoms with van der Waals surface area (Å²) in [7, 11) is 0. The van der Waals surface area contributed by atoms with Crippen molar-refractivity contribution in [2.75, 3.05) is 6.61 Å². The van der Waals surface area contributed by atoms with Gasteiger partial charge in [-0.05, 0) is 18.6 Å². The number of ether oxygens (including phenoxy) is 1. The Kier molecular flexibility index (Phi) is 5.00. The zero-order chi connectivity index (χ0) is 12.7. The van der Waals surface area contributed by atoms with E-state index in [2.05, 4.69) is 0 Å². The number of para-hydroxylation sites is 1. The lowest BCUT2D eigenvalue weighted by molar-refractivity contribution is -0.152. The van der Waals surface area contributed by atoms with E-state index in [4.69, 9.17) is 4.74 Å². The Morgan fingerprint density at radius 3 is 2.41 bits per heavy atom. The minimum absolute atomic E-state index is 0.105. The Labute approximate surface area is 97.4 Å². The number of Topliss-reactive ketones (excluding diaryl/α,β-unsaturated/α-hetero) is 1. The van der Waals surface area contributed by atoms with Gasteiger partial charge >= 0.3 is 6.18 Å². The molecule has 0 bridgehead atoms. The van der Waals surface area contributed by atoms with Crippen LogP contribution in [0.5, 0.6) is 5.75 Å². The fraction of sp³-hybridized carbons (Fsp3) is 0.417. The molecule has 0 N–H and O–H groups in total. The quantitative estimate of drug-likeness (QED) is 0.719. The maximum Gasteiger partial charge on any atom is 0.395 e. The van der Waals surface area contributed by atoms with Crippen LogP contribution in [-0.2, 0) is 4.79 Å². The van der Waals surface area contributed by atoms with Crippen LogP contribution in [0.15, 0.2) is 30.3 Å². The molecule has 0 atom stereocenters. The van der Waals surface area contributed by atoms with Crippen molar-refractivity contribution in [2.24, 2.45) is 0 Å². The Morgan fingerprint density at radius 2 is 1.82 bits per heavy atom. The molecule has 2 nitrogen and oxygen atoms in total. The molecule has 0 heterocycles. The number of hydrogen-bond acceptors (Lipinski definition) is 2. The van der Waals surface area contributed by atoms with Crippen LogP contribution in [0.3, 0.4) is 0 Å². The van der Waals surface area contributed by atoms with E-state index in [0.717, 1.165) is 0 Å². The molecule has 0 radical (unpaired) electrons. The molecule has 1 aromatic carbocycles. The summed E-state index contributed by atoms with van der Waals surface area (Å²) in [4.78, 5) is 10.9. The van der Waals surface area contributed by atoms with Crippen molar-refractivity contribution in [2.45, 2.75) is 25.4 Å². The molecule has 0 spiro atoms. The zero-order valence-electron chi connectivity index (χ0n) is 9.17. The molecule has 0 aliphatic carbocycles. The van der Waals surface area contributed by atoms with Crippen molar-refractivity contribution in [1.29, 1.82) is 0 Å². The fourth-order valence-corrected chi connectivity index (χ4v) is 1.29. The summed E-state index contributed by atoms with van der Waals surface area (Å²) in [6, 6.07) is 8.92. The lowest BCUT2D eigenvalue weighted by Crippen LogP contribution is -2.15. The molecule has 0 fully saturated rings. The van der Waals surface area contributed by atoms with Gasteiger partial charge in [-0.3, -0.25) is 4.79 Å². The molecule has 0 aliphatic heterocycles. The highest BCUT2D eigenvalue weighted by atomic mass is 19.4. The minimum atomic E-state index is -4.41. The number of carbonyl (C=O) groups is 1. The largest absolute Gasteiger partial charge is 0.494 e. The van der Waals surface area contributed by atoms with Gasteiger partial charge in [0.15, 0.2) is 0 Å². The van der Waals surface area contributed by atoms with Crippen LogP contribution in [0.4, 0.5) is 13.2 Å². The minimum Gasteiger partial charge on any atom is -0.494 e. The van der Waals surface area contributed by atoms with Crippen molar-refractivity contribution in [3.05, 3.63) is 30.3 Å². The second-order valence-corrected chi connectivity index (χ2v) is 3.60. The average molecular weight is 246 g/mol. The van der Waals surface area contributed by atoms with Crippen molar-refractivity contribution in [1.82, 2.24) is 0 Å². The predicted molar refractivity (Wildman–Crippen MR) is 56.9 cm³/mol. The first-order valence-electron chi connectivity index (χ1n) is 5.24. The third-order valence-electron chi connectivity index (χ3n) is 2.01. The van der Waals surface area contributed by atoms with E-state index in [0.29, 0.717) is 12.2 Å². The van der Waals surface area contributed by atoms with Crippen LogP contribution in [-0.4, -0.2) is 18.6 Å². The van der Waals surface area contributed by atoms with Crippen molar-refractivity contribution in [3.63, 3.8) is 0 Å². The van der Waals surface area contributed by atoms with Gasteiger partial charge in [-0.1, -0.05) is 18.2 Å². The van der Waals surface area contributed by atoms with Crippen LogP contribution in [0.1, 0.15) is 19.3 Å². The van der Waals surface area contributed by atoms with Crippen LogP contribution >= 0.6 is 0 Å². The van der Waals surface area contributed by atoms with Gasteiger partial charge in [0.25, 0.3) is 0 Å². The molecule has 5 heteroatoms. The summed E-state index contributed by atoms with van der Waals surface area (Å²) in [5.41, 5.74) is 0. The molecule has 1 aromatic rings. The number of rotatable bonds is 6. The molecule has 0 saturated heterocycles. The van der Waals surface area contributed by atoms with Gasteiger partial charge in [-0.2, -0.15) is 13.2 Å². The number of carbonyl (C=O) groups excluding carboxylic acids is 1. The highest BCUT2D eigenvalue weighted by molar-refractivity contribution is 5.78. The first kappa shape index (κ1) is 13.5. The first-order valence-corrected chi connectivity index (χ1v) is 5.24. The van der Waals surface area contributed by atoms with E-state index in [9.17, 15) is 18.0 Å². The van der Waals surface area contributed by atoms with Crippen molar-refractivity contribution in [3.8, 4) is 5.75 Å². The third-order valence-corrected chi connectivity index (χ3v) is 2.01. The van der Waals surface area contributed by atoms with Crippen LogP contribution in [0.25, 0.3) is 0 Å². The Hall–Kier alpha value is -1.52. The molecule has 0 unspecified atom stereocenters. The summed E-state index contributed by atoms with van der Waals surface area (Å²) in [6.07, 6.45) is -5.56. The van der Waals surface area contributed by atoms with E-state index < -0.39 is 18.4 Å².